The Bertz CT molecular complexity index is 703. The molecule has 1 fully saturated rings. The van der Waals surface area contributed by atoms with Gasteiger partial charge in [-0.3, -0.25) is 0 Å². The van der Waals surface area contributed by atoms with Crippen LogP contribution in [0.4, 0.5) is 4.39 Å². The summed E-state index contributed by atoms with van der Waals surface area (Å²) in [6.07, 6.45) is 2.59. The van der Waals surface area contributed by atoms with Crippen molar-refractivity contribution in [3.63, 3.8) is 0 Å². The molecular weight excluding hydrogens is 309 g/mol. The summed E-state index contributed by atoms with van der Waals surface area (Å²) in [7, 11) is 0. The van der Waals surface area contributed by atoms with Crippen LogP contribution in [0.5, 0.6) is 0 Å². The van der Waals surface area contributed by atoms with Gasteiger partial charge in [0.15, 0.2) is 4.77 Å². The number of aromatic nitrogens is 2. The summed E-state index contributed by atoms with van der Waals surface area (Å²) in [5.74, 6) is 0.0617. The average molecular weight is 328 g/mol. The molecule has 3 rings (SSSR count). The van der Waals surface area contributed by atoms with Crippen LogP contribution in [-0.4, -0.2) is 34.1 Å². The summed E-state index contributed by atoms with van der Waals surface area (Å²) in [6.45, 7) is 6.44. The third kappa shape index (κ3) is 3.15. The number of hydrogen-bond acceptors (Lipinski definition) is 2. The molecule has 114 valence electrons. The second-order valence-corrected chi connectivity index (χ2v) is 6.73. The molecule has 21 heavy (non-hydrogen) atoms. The van der Waals surface area contributed by atoms with E-state index in [1.807, 2.05) is 4.57 Å². The Morgan fingerprint density at radius 2 is 2.05 bits per heavy atom. The molecule has 1 aromatic carbocycles. The molecule has 1 saturated heterocycles. The first-order valence-corrected chi connectivity index (χ1v) is 8.13. The van der Waals surface area contributed by atoms with Crippen molar-refractivity contribution in [1.82, 2.24) is 14.5 Å². The Morgan fingerprint density at radius 1 is 1.33 bits per heavy atom. The molecule has 3 nitrogen and oxygen atoms in total. The maximum absolute atomic E-state index is 13.7. The van der Waals surface area contributed by atoms with Crippen molar-refractivity contribution in [1.29, 1.82) is 0 Å². The van der Waals surface area contributed by atoms with Gasteiger partial charge in [-0.25, -0.2) is 4.39 Å². The Balaban J connectivity index is 1.84. The van der Waals surface area contributed by atoms with Crippen LogP contribution in [0.3, 0.4) is 0 Å². The quantitative estimate of drug-likeness (QED) is 0.850. The highest BCUT2D eigenvalue weighted by Crippen LogP contribution is 2.23. The van der Waals surface area contributed by atoms with Crippen molar-refractivity contribution in [3.8, 4) is 0 Å². The zero-order chi connectivity index (χ0) is 15.0. The van der Waals surface area contributed by atoms with Gasteiger partial charge in [0.25, 0.3) is 0 Å². The van der Waals surface area contributed by atoms with E-state index in [-0.39, 0.29) is 5.02 Å². The van der Waals surface area contributed by atoms with Gasteiger partial charge in [-0.1, -0.05) is 18.5 Å². The molecule has 0 amide bonds. The highest BCUT2D eigenvalue weighted by atomic mass is 35.5. The van der Waals surface area contributed by atoms with E-state index in [4.69, 9.17) is 23.8 Å². The Labute approximate surface area is 133 Å². The predicted octanol–water partition coefficient (Wildman–Crippen LogP) is 4.22. The van der Waals surface area contributed by atoms with E-state index in [1.165, 1.54) is 32.0 Å². The lowest BCUT2D eigenvalue weighted by molar-refractivity contribution is 0.272. The molecule has 0 aliphatic carbocycles. The number of H-pyrrole nitrogens is 1. The first kappa shape index (κ1) is 15.0. The van der Waals surface area contributed by atoms with E-state index in [1.54, 1.807) is 6.07 Å². The van der Waals surface area contributed by atoms with Crippen LogP contribution in [0.1, 0.15) is 19.8 Å². The van der Waals surface area contributed by atoms with Gasteiger partial charge in [-0.15, -0.1) is 0 Å². The summed E-state index contributed by atoms with van der Waals surface area (Å²) in [5, 5.41) is 0.121. The molecular formula is C15H19ClFN3S. The van der Waals surface area contributed by atoms with Gasteiger partial charge in [-0.2, -0.15) is 0 Å². The smallest absolute Gasteiger partial charge is 0.178 e. The van der Waals surface area contributed by atoms with Gasteiger partial charge in [0, 0.05) is 19.2 Å². The standard InChI is InChI=1S/C15H19ClFN3S/c1-10(8-19-4-2-3-5-19)9-20-14-7-12(17)11(16)6-13(14)18-15(20)21/h6-7,10H,2-5,8-9H2,1H3,(H,18,21). The summed E-state index contributed by atoms with van der Waals surface area (Å²) in [6, 6.07) is 3.07. The molecule has 0 bridgehead atoms. The maximum atomic E-state index is 13.7. The van der Waals surface area contributed by atoms with Crippen LogP contribution in [0, 0.1) is 16.5 Å². The lowest BCUT2D eigenvalue weighted by Crippen LogP contribution is -2.27. The van der Waals surface area contributed by atoms with Crippen molar-refractivity contribution >= 4 is 34.9 Å². The molecule has 1 atom stereocenters. The fourth-order valence-electron chi connectivity index (χ4n) is 3.11. The summed E-state index contributed by atoms with van der Waals surface area (Å²) in [4.78, 5) is 5.59. The third-order valence-electron chi connectivity index (χ3n) is 4.08. The molecule has 0 saturated carbocycles. The van der Waals surface area contributed by atoms with E-state index < -0.39 is 5.82 Å². The van der Waals surface area contributed by atoms with Gasteiger partial charge in [-0.05, 0) is 50.1 Å². The normalized spacial score (nSPS) is 17.7. The van der Waals surface area contributed by atoms with Crippen molar-refractivity contribution in [2.45, 2.75) is 26.3 Å². The van der Waals surface area contributed by atoms with Crippen LogP contribution in [0.2, 0.25) is 5.02 Å². The zero-order valence-corrected chi connectivity index (χ0v) is 13.6. The number of hydrogen-bond donors (Lipinski definition) is 1. The van der Waals surface area contributed by atoms with Crippen LogP contribution in [0.15, 0.2) is 12.1 Å². The van der Waals surface area contributed by atoms with E-state index in [0.717, 1.165) is 24.1 Å². The topological polar surface area (TPSA) is 24.0 Å². The van der Waals surface area contributed by atoms with Gasteiger partial charge < -0.3 is 14.5 Å². The van der Waals surface area contributed by atoms with E-state index in [0.29, 0.717) is 10.7 Å². The van der Waals surface area contributed by atoms with Gasteiger partial charge in [0.05, 0.1) is 16.1 Å². The number of rotatable bonds is 4. The Hall–Kier alpha value is -0.910. The van der Waals surface area contributed by atoms with E-state index in [2.05, 4.69) is 16.8 Å². The fourth-order valence-corrected chi connectivity index (χ4v) is 3.55. The third-order valence-corrected chi connectivity index (χ3v) is 4.69. The Kier molecular flexibility index (Phi) is 4.33. The first-order chi connectivity index (χ1) is 10.0. The van der Waals surface area contributed by atoms with Crippen LogP contribution in [-0.2, 0) is 6.54 Å². The van der Waals surface area contributed by atoms with E-state index in [9.17, 15) is 4.39 Å². The minimum absolute atomic E-state index is 0.121. The molecule has 2 heterocycles. The lowest BCUT2D eigenvalue weighted by Gasteiger charge is -2.20. The number of imidazole rings is 1. The number of halogens is 2. The minimum Gasteiger partial charge on any atom is -0.331 e. The van der Waals surface area contributed by atoms with Crippen LogP contribution >= 0.6 is 23.8 Å². The first-order valence-electron chi connectivity index (χ1n) is 7.34. The van der Waals surface area contributed by atoms with Crippen LogP contribution in [0.25, 0.3) is 11.0 Å². The maximum Gasteiger partial charge on any atom is 0.178 e. The lowest BCUT2D eigenvalue weighted by atomic mass is 10.1. The number of likely N-dealkylation sites (tertiary alicyclic amines) is 1. The van der Waals surface area contributed by atoms with Gasteiger partial charge in [0.2, 0.25) is 0 Å². The minimum atomic E-state index is -0.404. The number of aromatic amines is 1. The number of nitrogens with one attached hydrogen (secondary N) is 1. The fraction of sp³-hybridized carbons (Fsp3) is 0.533. The van der Waals surface area contributed by atoms with E-state index >= 15 is 0 Å². The second-order valence-electron chi connectivity index (χ2n) is 5.94. The molecule has 1 aromatic heterocycles. The summed E-state index contributed by atoms with van der Waals surface area (Å²) >= 11 is 11.2. The Morgan fingerprint density at radius 3 is 2.76 bits per heavy atom. The van der Waals surface area contributed by atoms with Crippen LogP contribution < -0.4 is 0 Å². The summed E-state index contributed by atoms with van der Waals surface area (Å²) in [5.41, 5.74) is 1.58. The highest BCUT2D eigenvalue weighted by molar-refractivity contribution is 7.71. The molecule has 1 aliphatic rings. The molecule has 1 N–H and O–H groups in total. The zero-order valence-electron chi connectivity index (χ0n) is 12.0. The van der Waals surface area contributed by atoms with Crippen molar-refractivity contribution in [2.75, 3.05) is 19.6 Å². The largest absolute Gasteiger partial charge is 0.331 e. The molecule has 1 aliphatic heterocycles. The molecule has 0 radical (unpaired) electrons. The summed E-state index contributed by atoms with van der Waals surface area (Å²) < 4.78 is 16.3. The highest BCUT2D eigenvalue weighted by Gasteiger charge is 2.16. The molecule has 1 unspecified atom stereocenters. The number of benzene rings is 1. The van der Waals surface area contributed by atoms with Crippen molar-refractivity contribution in [3.05, 3.63) is 27.7 Å². The predicted molar refractivity (Wildman–Crippen MR) is 86.9 cm³/mol. The molecule has 6 heteroatoms. The van der Waals surface area contributed by atoms with Crippen molar-refractivity contribution in [2.24, 2.45) is 5.92 Å². The SMILES string of the molecule is CC(CN1CCCC1)Cn1c(=S)[nH]c2cc(Cl)c(F)cc21. The van der Waals surface area contributed by atoms with Gasteiger partial charge >= 0.3 is 0 Å². The second kappa shape index (κ2) is 6.07. The average Bonchev–Trinajstić information content (AvgIpc) is 3.01. The van der Waals surface area contributed by atoms with Gasteiger partial charge in [0.1, 0.15) is 5.82 Å². The van der Waals surface area contributed by atoms with Crippen molar-refractivity contribution < 1.29 is 4.39 Å². The molecule has 2 aromatic rings. The molecule has 0 spiro atoms. The monoisotopic (exact) mass is 327 g/mol. The number of nitrogens with zero attached hydrogens (tertiary/aromatic N) is 2. The number of fused-ring (bicyclic) bond motifs is 1.